The molecule has 0 aliphatic carbocycles. The molecular formula is C19H25N3O6. The van der Waals surface area contributed by atoms with Crippen LogP contribution in [0.1, 0.15) is 37.3 Å². The number of hydrazone groups is 1. The van der Waals surface area contributed by atoms with Gasteiger partial charge in [0.15, 0.2) is 11.5 Å². The van der Waals surface area contributed by atoms with Gasteiger partial charge < -0.3 is 24.3 Å². The highest BCUT2D eigenvalue weighted by atomic mass is 16.7. The number of nitrogens with zero attached hydrogens (tertiary/aromatic N) is 1. The van der Waals surface area contributed by atoms with Crippen molar-refractivity contribution in [3.05, 3.63) is 11.1 Å². The zero-order valence-electron chi connectivity index (χ0n) is 16.3. The molecule has 3 rings (SSSR count). The molecule has 0 radical (unpaired) electrons. The van der Waals surface area contributed by atoms with E-state index in [1.807, 2.05) is 6.92 Å². The Morgan fingerprint density at radius 2 is 2.00 bits per heavy atom. The third kappa shape index (κ3) is 3.69. The van der Waals surface area contributed by atoms with E-state index in [1.165, 1.54) is 13.3 Å². The van der Waals surface area contributed by atoms with Gasteiger partial charge in [-0.25, -0.2) is 5.43 Å². The van der Waals surface area contributed by atoms with E-state index in [-0.39, 0.29) is 12.7 Å². The van der Waals surface area contributed by atoms with Crippen LogP contribution in [0.2, 0.25) is 0 Å². The van der Waals surface area contributed by atoms with Gasteiger partial charge in [0.25, 0.3) is 5.91 Å². The lowest BCUT2D eigenvalue weighted by atomic mass is 9.98. The van der Waals surface area contributed by atoms with Gasteiger partial charge in [-0.15, -0.1) is 0 Å². The van der Waals surface area contributed by atoms with Gasteiger partial charge in [0, 0.05) is 17.7 Å². The lowest BCUT2D eigenvalue weighted by molar-refractivity contribution is -0.136. The molecule has 152 valence electrons. The number of carbonyl (C=O) groups excluding carboxylic acids is 2. The first kappa shape index (κ1) is 19.8. The molecule has 9 nitrogen and oxygen atoms in total. The number of amides is 2. The summed E-state index contributed by atoms with van der Waals surface area (Å²) in [6.45, 7) is 2.71. The maximum absolute atomic E-state index is 12.3. The Morgan fingerprint density at radius 1 is 1.29 bits per heavy atom. The van der Waals surface area contributed by atoms with Crippen LogP contribution in [0.4, 0.5) is 0 Å². The molecule has 2 aliphatic rings. The number of ether oxygens (including phenoxy) is 4. The molecule has 1 fully saturated rings. The van der Waals surface area contributed by atoms with Gasteiger partial charge in [-0.3, -0.25) is 9.59 Å². The molecule has 2 heterocycles. The van der Waals surface area contributed by atoms with Crippen LogP contribution >= 0.6 is 0 Å². The van der Waals surface area contributed by atoms with Crippen molar-refractivity contribution < 1.29 is 28.5 Å². The summed E-state index contributed by atoms with van der Waals surface area (Å²) in [5.74, 6) is 0.542. The van der Waals surface area contributed by atoms with E-state index in [0.29, 0.717) is 47.9 Å². The molecule has 0 saturated carbocycles. The Bertz CT molecular complexity index is 793. The average Bonchev–Trinajstić information content (AvgIpc) is 3.17. The first-order valence-electron chi connectivity index (χ1n) is 9.29. The Hall–Kier alpha value is -2.97. The number of benzene rings is 1. The lowest BCUT2D eigenvalue weighted by Gasteiger charge is -2.20. The number of fused-ring (bicyclic) bond motifs is 1. The van der Waals surface area contributed by atoms with E-state index < -0.39 is 11.8 Å². The van der Waals surface area contributed by atoms with Crippen LogP contribution < -0.4 is 29.7 Å². The van der Waals surface area contributed by atoms with Gasteiger partial charge in [0.05, 0.1) is 20.4 Å². The van der Waals surface area contributed by atoms with Crippen LogP contribution in [0.3, 0.4) is 0 Å². The number of nitrogens with one attached hydrogen (secondary N) is 2. The van der Waals surface area contributed by atoms with Crippen LogP contribution in [0.25, 0.3) is 0 Å². The van der Waals surface area contributed by atoms with Crippen LogP contribution in [0.5, 0.6) is 23.0 Å². The zero-order valence-corrected chi connectivity index (χ0v) is 16.3. The molecule has 2 amide bonds. The lowest BCUT2D eigenvalue weighted by Crippen LogP contribution is -2.43. The summed E-state index contributed by atoms with van der Waals surface area (Å²) in [6, 6.07) is 0. The SMILES string of the molecule is CCCc1c(/C=N/NC(=O)C2CCCNC2=O)c(OC)c2c(c1OC)OCO2. The fourth-order valence-corrected chi connectivity index (χ4v) is 3.45. The highest BCUT2D eigenvalue weighted by Gasteiger charge is 2.31. The fourth-order valence-electron chi connectivity index (χ4n) is 3.45. The summed E-state index contributed by atoms with van der Waals surface area (Å²) in [5, 5.41) is 6.76. The number of piperidine rings is 1. The molecule has 1 saturated heterocycles. The van der Waals surface area contributed by atoms with Crippen LogP contribution in [0.15, 0.2) is 5.10 Å². The third-order valence-electron chi connectivity index (χ3n) is 4.75. The average molecular weight is 391 g/mol. The minimum Gasteiger partial charge on any atom is -0.492 e. The second-order valence-corrected chi connectivity index (χ2v) is 6.49. The molecule has 2 N–H and O–H groups in total. The van der Waals surface area contributed by atoms with E-state index in [0.717, 1.165) is 18.4 Å². The van der Waals surface area contributed by atoms with E-state index in [2.05, 4.69) is 15.8 Å². The number of carbonyl (C=O) groups is 2. The summed E-state index contributed by atoms with van der Waals surface area (Å²) in [7, 11) is 3.09. The molecule has 0 spiro atoms. The Balaban J connectivity index is 1.90. The highest BCUT2D eigenvalue weighted by Crippen LogP contribution is 2.51. The second-order valence-electron chi connectivity index (χ2n) is 6.49. The second kappa shape index (κ2) is 8.81. The summed E-state index contributed by atoms with van der Waals surface area (Å²) >= 11 is 0. The normalized spacial score (nSPS) is 18.1. The monoisotopic (exact) mass is 391 g/mol. The van der Waals surface area contributed by atoms with Gasteiger partial charge in [-0.05, 0) is 19.3 Å². The van der Waals surface area contributed by atoms with Crippen LogP contribution in [-0.2, 0) is 16.0 Å². The topological polar surface area (TPSA) is 107 Å². The fraction of sp³-hybridized carbons (Fsp3) is 0.526. The van der Waals surface area contributed by atoms with Gasteiger partial charge >= 0.3 is 0 Å². The van der Waals surface area contributed by atoms with Crippen molar-refractivity contribution in [1.82, 2.24) is 10.7 Å². The minimum atomic E-state index is -0.728. The van der Waals surface area contributed by atoms with Crippen molar-refractivity contribution in [3.63, 3.8) is 0 Å². The van der Waals surface area contributed by atoms with Gasteiger partial charge in [0.2, 0.25) is 24.2 Å². The number of methoxy groups -OCH3 is 2. The molecule has 1 aromatic rings. The number of rotatable bonds is 7. The summed E-state index contributed by atoms with van der Waals surface area (Å²) in [4.78, 5) is 24.1. The van der Waals surface area contributed by atoms with Gasteiger partial charge in [-0.2, -0.15) is 5.10 Å². The zero-order chi connectivity index (χ0) is 20.1. The molecule has 28 heavy (non-hydrogen) atoms. The third-order valence-corrected chi connectivity index (χ3v) is 4.75. The quantitative estimate of drug-likeness (QED) is 0.413. The molecule has 1 atom stereocenters. The van der Waals surface area contributed by atoms with Crippen LogP contribution in [-0.4, -0.2) is 45.6 Å². The van der Waals surface area contributed by atoms with E-state index in [4.69, 9.17) is 18.9 Å². The van der Waals surface area contributed by atoms with Crippen molar-refractivity contribution >= 4 is 18.0 Å². The predicted octanol–water partition coefficient (Wildman–Crippen LogP) is 1.36. The van der Waals surface area contributed by atoms with Crippen LogP contribution in [0, 0.1) is 5.92 Å². The minimum absolute atomic E-state index is 0.0712. The molecule has 9 heteroatoms. The van der Waals surface area contributed by atoms with Crippen molar-refractivity contribution in [2.24, 2.45) is 11.0 Å². The molecule has 0 aromatic heterocycles. The van der Waals surface area contributed by atoms with Crippen molar-refractivity contribution in [1.29, 1.82) is 0 Å². The van der Waals surface area contributed by atoms with Crippen molar-refractivity contribution in [2.75, 3.05) is 27.6 Å². The Morgan fingerprint density at radius 3 is 2.64 bits per heavy atom. The summed E-state index contributed by atoms with van der Waals surface area (Å²) in [5.41, 5.74) is 3.94. The Kier molecular flexibility index (Phi) is 6.23. The smallest absolute Gasteiger partial charge is 0.252 e. The van der Waals surface area contributed by atoms with Gasteiger partial charge in [0.1, 0.15) is 5.92 Å². The standard InChI is InChI=1S/C19H25N3O6/c1-4-6-11-13(9-21-22-19(24)12-7-5-8-20-18(12)23)15(26-3)17-16(14(11)25-2)27-10-28-17/h9,12H,4-8,10H2,1-3H3,(H,20,23)(H,22,24)/b21-9+. The van der Waals surface area contributed by atoms with E-state index >= 15 is 0 Å². The van der Waals surface area contributed by atoms with E-state index in [1.54, 1.807) is 7.11 Å². The molecule has 1 unspecified atom stereocenters. The highest BCUT2D eigenvalue weighted by molar-refractivity contribution is 6.01. The molecule has 1 aromatic carbocycles. The largest absolute Gasteiger partial charge is 0.492 e. The summed E-state index contributed by atoms with van der Waals surface area (Å²) in [6.07, 6.45) is 4.31. The van der Waals surface area contributed by atoms with E-state index in [9.17, 15) is 9.59 Å². The van der Waals surface area contributed by atoms with Gasteiger partial charge in [-0.1, -0.05) is 13.3 Å². The molecule has 2 aliphatic heterocycles. The maximum Gasteiger partial charge on any atom is 0.252 e. The first-order valence-corrected chi connectivity index (χ1v) is 9.29. The molecule has 0 bridgehead atoms. The first-order chi connectivity index (χ1) is 13.6. The number of hydrogen-bond acceptors (Lipinski definition) is 7. The van der Waals surface area contributed by atoms with Crippen molar-refractivity contribution in [2.45, 2.75) is 32.6 Å². The van der Waals surface area contributed by atoms with Crippen molar-refractivity contribution in [3.8, 4) is 23.0 Å². The predicted molar refractivity (Wildman–Crippen MR) is 101 cm³/mol. The Labute approximate surface area is 163 Å². The maximum atomic E-state index is 12.3. The molecular weight excluding hydrogens is 366 g/mol. The summed E-state index contributed by atoms with van der Waals surface area (Å²) < 4.78 is 22.2. The number of hydrogen-bond donors (Lipinski definition) is 2.